The molecule has 0 radical (unpaired) electrons. The van der Waals surface area contributed by atoms with Crippen LogP contribution >= 0.6 is 24.0 Å². The van der Waals surface area contributed by atoms with Crippen LogP contribution in [0, 0.1) is 11.3 Å². The number of hydrogen-bond acceptors (Lipinski definition) is 5. The Balaban J connectivity index is 0.00000320. The molecule has 0 fully saturated rings. The Morgan fingerprint density at radius 3 is 2.62 bits per heavy atom. The maximum Gasteiger partial charge on any atom is 0.336 e. The number of carboxylic acid groups (broad SMARTS) is 1. The highest BCUT2D eigenvalue weighted by atomic mass is 35.5. The molecule has 1 N–H and O–H groups in total. The van der Waals surface area contributed by atoms with Crippen LogP contribution in [-0.2, 0) is 13.1 Å². The van der Waals surface area contributed by atoms with E-state index < -0.39 is 5.97 Å². The molecule has 4 aromatic rings. The van der Waals surface area contributed by atoms with E-state index >= 15 is 0 Å². The summed E-state index contributed by atoms with van der Waals surface area (Å²) in [4.78, 5) is 19.5. The van der Waals surface area contributed by atoms with Gasteiger partial charge in [-0.05, 0) is 36.4 Å². The number of benzene rings is 2. The van der Waals surface area contributed by atoms with Crippen LogP contribution in [0.5, 0.6) is 0 Å². The van der Waals surface area contributed by atoms with E-state index in [0.717, 1.165) is 34.5 Å². The Hall–Kier alpha value is -3.70. The first-order valence-electron chi connectivity index (χ1n) is 11.8. The highest BCUT2D eigenvalue weighted by Gasteiger charge is 2.28. The van der Waals surface area contributed by atoms with E-state index in [2.05, 4.69) is 17.9 Å². The first-order chi connectivity index (χ1) is 17.5. The number of para-hydroxylation sites is 1. The third kappa shape index (κ3) is 5.23. The molecule has 7 nitrogen and oxygen atoms in total. The first kappa shape index (κ1) is 26.4. The van der Waals surface area contributed by atoms with Gasteiger partial charge in [0.05, 0.1) is 41.5 Å². The molecule has 0 unspecified atom stereocenters. The molecule has 0 spiro atoms. The number of rotatable bonds is 6. The van der Waals surface area contributed by atoms with Gasteiger partial charge in [0, 0.05) is 46.4 Å². The fourth-order valence-corrected chi connectivity index (χ4v) is 4.82. The molecule has 0 aliphatic carbocycles. The lowest BCUT2D eigenvalue weighted by Gasteiger charge is -2.30. The van der Waals surface area contributed by atoms with Crippen LogP contribution in [-0.4, -0.2) is 43.8 Å². The van der Waals surface area contributed by atoms with Crippen molar-refractivity contribution in [3.8, 4) is 17.3 Å². The van der Waals surface area contributed by atoms with E-state index in [0.29, 0.717) is 53.2 Å². The Bertz CT molecular complexity index is 1540. The quantitative estimate of drug-likeness (QED) is 0.318. The van der Waals surface area contributed by atoms with Gasteiger partial charge >= 0.3 is 5.97 Å². The van der Waals surface area contributed by atoms with Gasteiger partial charge < -0.3 is 5.11 Å². The van der Waals surface area contributed by atoms with Crippen LogP contribution in [0.1, 0.15) is 40.5 Å². The summed E-state index contributed by atoms with van der Waals surface area (Å²) < 4.78 is 1.78. The Morgan fingerprint density at radius 1 is 1.16 bits per heavy atom. The first-order valence-corrected chi connectivity index (χ1v) is 12.1. The number of nitriles is 1. The number of carbonyl (C=O) groups is 1. The number of likely N-dealkylation sites (N-methyl/N-ethyl adjacent to an activating group) is 1. The summed E-state index contributed by atoms with van der Waals surface area (Å²) in [5.74, 6) is -0.951. The van der Waals surface area contributed by atoms with Gasteiger partial charge in [0.2, 0.25) is 0 Å². The van der Waals surface area contributed by atoms with Gasteiger partial charge in [0.1, 0.15) is 0 Å². The van der Waals surface area contributed by atoms with Gasteiger partial charge in [-0.2, -0.15) is 10.4 Å². The predicted molar refractivity (Wildman–Crippen MR) is 148 cm³/mol. The highest BCUT2D eigenvalue weighted by Crippen LogP contribution is 2.35. The van der Waals surface area contributed by atoms with Crippen LogP contribution in [0.4, 0.5) is 0 Å². The number of aromatic nitrogens is 3. The lowest BCUT2D eigenvalue weighted by atomic mass is 9.92. The average Bonchev–Trinajstić information content (AvgIpc) is 3.28. The van der Waals surface area contributed by atoms with Crippen LogP contribution < -0.4 is 0 Å². The summed E-state index contributed by atoms with van der Waals surface area (Å²) in [6.07, 6.45) is 4.32. The molecule has 3 heterocycles. The molecule has 37 heavy (non-hydrogen) atoms. The molecular weight excluding hydrogens is 509 g/mol. The number of hydrogen-bond donors (Lipinski definition) is 1. The fourth-order valence-electron chi connectivity index (χ4n) is 4.69. The zero-order chi connectivity index (χ0) is 25.2. The molecule has 0 saturated heterocycles. The van der Waals surface area contributed by atoms with Gasteiger partial charge in [-0.25, -0.2) is 9.78 Å². The fraction of sp³-hybridized carbons (Fsp3) is 0.214. The highest BCUT2D eigenvalue weighted by molar-refractivity contribution is 6.30. The SMILES string of the molecule is CCN1CC(=Cc2cn(CCC#N)nc2-c2ccc(Cl)cc2)c2nc3ccccc3c(C(=O)O)c2C1.Cl. The molecule has 188 valence electrons. The summed E-state index contributed by atoms with van der Waals surface area (Å²) in [6, 6.07) is 17.0. The number of fused-ring (bicyclic) bond motifs is 2. The monoisotopic (exact) mass is 533 g/mol. The zero-order valence-corrected chi connectivity index (χ0v) is 21.8. The third-order valence-electron chi connectivity index (χ3n) is 6.42. The van der Waals surface area contributed by atoms with E-state index in [4.69, 9.17) is 26.9 Å². The minimum Gasteiger partial charge on any atom is -0.478 e. The number of nitrogens with zero attached hydrogens (tertiary/aromatic N) is 5. The second kappa shape index (κ2) is 11.1. The molecule has 0 atom stereocenters. The molecule has 0 amide bonds. The molecule has 0 bridgehead atoms. The van der Waals surface area contributed by atoms with Gasteiger partial charge in [-0.15, -0.1) is 12.4 Å². The molecule has 1 aliphatic heterocycles. The number of pyridine rings is 1. The van der Waals surface area contributed by atoms with Gasteiger partial charge in [0.25, 0.3) is 0 Å². The number of aromatic carboxylic acids is 1. The minimum absolute atomic E-state index is 0. The average molecular weight is 534 g/mol. The lowest BCUT2D eigenvalue weighted by molar-refractivity contribution is 0.0696. The van der Waals surface area contributed by atoms with Crippen molar-refractivity contribution in [1.29, 1.82) is 5.26 Å². The van der Waals surface area contributed by atoms with E-state index in [1.165, 1.54) is 0 Å². The maximum atomic E-state index is 12.4. The normalized spacial score (nSPS) is 14.2. The van der Waals surface area contributed by atoms with Gasteiger partial charge in [-0.3, -0.25) is 9.58 Å². The van der Waals surface area contributed by atoms with Gasteiger partial charge in [-0.1, -0.05) is 48.9 Å². The van der Waals surface area contributed by atoms with Crippen LogP contribution in [0.2, 0.25) is 5.02 Å². The molecule has 5 rings (SSSR count). The van der Waals surface area contributed by atoms with Crippen LogP contribution in [0.15, 0.2) is 54.7 Å². The zero-order valence-electron chi connectivity index (χ0n) is 20.2. The smallest absolute Gasteiger partial charge is 0.336 e. The van der Waals surface area contributed by atoms with Crippen molar-refractivity contribution < 1.29 is 9.90 Å². The summed E-state index contributed by atoms with van der Waals surface area (Å²) in [6.45, 7) is 4.47. The molecule has 1 aliphatic rings. The van der Waals surface area contributed by atoms with Gasteiger partial charge in [0.15, 0.2) is 0 Å². The molecular formula is C28H25Cl2N5O2. The predicted octanol–water partition coefficient (Wildman–Crippen LogP) is 6.16. The largest absolute Gasteiger partial charge is 0.478 e. The maximum absolute atomic E-state index is 12.4. The van der Waals surface area contributed by atoms with Crippen molar-refractivity contribution in [2.45, 2.75) is 26.4 Å². The van der Waals surface area contributed by atoms with Crippen LogP contribution in [0.3, 0.4) is 0 Å². The summed E-state index contributed by atoms with van der Waals surface area (Å²) >= 11 is 6.11. The van der Waals surface area contributed by atoms with E-state index in [1.54, 1.807) is 4.68 Å². The van der Waals surface area contributed by atoms with Crippen molar-refractivity contribution >= 4 is 52.5 Å². The second-order valence-corrected chi connectivity index (χ2v) is 9.16. The molecule has 2 aromatic heterocycles. The Morgan fingerprint density at radius 2 is 1.92 bits per heavy atom. The third-order valence-corrected chi connectivity index (χ3v) is 6.68. The number of aryl methyl sites for hydroxylation is 1. The van der Waals surface area contributed by atoms with E-state index in [-0.39, 0.29) is 12.4 Å². The summed E-state index contributed by atoms with van der Waals surface area (Å²) in [7, 11) is 0. The van der Waals surface area contributed by atoms with Crippen molar-refractivity contribution in [2.24, 2.45) is 0 Å². The van der Waals surface area contributed by atoms with Crippen molar-refractivity contribution in [1.82, 2.24) is 19.7 Å². The standard InChI is InChI=1S/C28H24ClN5O2.ClH/c1-2-33-15-19(27-23(17-33)25(28(35)36)22-6-3-4-7-24(22)31-27)14-20-16-34(13-5-12-30)32-26(20)18-8-10-21(29)11-9-18;/h3-4,6-11,14,16H,2,5,13,15,17H2,1H3,(H,35,36);1H. The Kier molecular flexibility index (Phi) is 7.94. The number of carboxylic acids is 1. The molecule has 2 aromatic carbocycles. The van der Waals surface area contributed by atoms with Crippen molar-refractivity contribution in [3.05, 3.63) is 82.1 Å². The van der Waals surface area contributed by atoms with E-state index in [9.17, 15) is 9.90 Å². The molecule has 9 heteroatoms. The second-order valence-electron chi connectivity index (χ2n) is 8.72. The van der Waals surface area contributed by atoms with Crippen molar-refractivity contribution in [3.63, 3.8) is 0 Å². The van der Waals surface area contributed by atoms with Crippen molar-refractivity contribution in [2.75, 3.05) is 13.1 Å². The molecule has 0 saturated carbocycles. The minimum atomic E-state index is -0.951. The van der Waals surface area contributed by atoms with E-state index in [1.807, 2.05) is 60.8 Å². The summed E-state index contributed by atoms with van der Waals surface area (Å²) in [5.41, 5.74) is 5.89. The summed E-state index contributed by atoms with van der Waals surface area (Å²) in [5, 5.41) is 25.3. The Labute approximate surface area is 226 Å². The lowest BCUT2D eigenvalue weighted by Crippen LogP contribution is -2.31. The topological polar surface area (TPSA) is 95.0 Å². The van der Waals surface area contributed by atoms with Crippen LogP contribution in [0.25, 0.3) is 33.8 Å². The number of halogens is 2.